The van der Waals surface area contributed by atoms with Gasteiger partial charge >= 0.3 is 0 Å². The van der Waals surface area contributed by atoms with E-state index >= 15 is 0 Å². The number of hydrogen-bond acceptors (Lipinski definition) is 2. The van der Waals surface area contributed by atoms with Gasteiger partial charge in [-0.15, -0.1) is 0 Å². The van der Waals surface area contributed by atoms with Gasteiger partial charge in [-0.05, 0) is 18.9 Å². The number of halogens is 1. The number of likely N-dealkylation sites (tertiary alicyclic amines) is 1. The Balaban J connectivity index is 2.11. The largest absolute Gasteiger partial charge is 0.389 e. The lowest BCUT2D eigenvalue weighted by Crippen LogP contribution is -2.32. The van der Waals surface area contributed by atoms with Crippen LogP contribution in [0.3, 0.4) is 0 Å². The van der Waals surface area contributed by atoms with Crippen LogP contribution in [0.2, 0.25) is 0 Å². The summed E-state index contributed by atoms with van der Waals surface area (Å²) in [6, 6.07) is 4.71. The van der Waals surface area contributed by atoms with Gasteiger partial charge in [0.05, 0.1) is 0 Å². The minimum atomic E-state index is -0.356. The van der Waals surface area contributed by atoms with Crippen LogP contribution in [0.1, 0.15) is 43.2 Å². The van der Waals surface area contributed by atoms with Crippen molar-refractivity contribution < 1.29 is 9.18 Å². The molecule has 0 saturated carbocycles. The summed E-state index contributed by atoms with van der Waals surface area (Å²) in [5.74, 6) is -0.243. The van der Waals surface area contributed by atoms with Gasteiger partial charge in [0, 0.05) is 30.6 Å². The maximum atomic E-state index is 14.0. The molecule has 5 heteroatoms. The number of thiocarbonyl (C=S) groups is 1. The fraction of sp³-hybridized carbons (Fsp3) is 0.467. The van der Waals surface area contributed by atoms with Gasteiger partial charge in [-0.2, -0.15) is 0 Å². The van der Waals surface area contributed by atoms with Crippen LogP contribution in [0.5, 0.6) is 0 Å². The molecule has 1 aromatic carbocycles. The molecular weight excluding hydrogens is 275 g/mol. The number of nitrogens with two attached hydrogens (primary N) is 1. The van der Waals surface area contributed by atoms with Gasteiger partial charge < -0.3 is 10.6 Å². The number of nitrogens with zero attached hydrogens (tertiary/aromatic N) is 1. The highest BCUT2D eigenvalue weighted by Crippen LogP contribution is 2.17. The van der Waals surface area contributed by atoms with E-state index in [1.165, 1.54) is 6.07 Å². The van der Waals surface area contributed by atoms with Crippen LogP contribution in [0.25, 0.3) is 0 Å². The molecule has 2 rings (SSSR count). The molecule has 1 saturated heterocycles. The lowest BCUT2D eigenvalue weighted by atomic mass is 10.1. The Hall–Kier alpha value is -1.49. The van der Waals surface area contributed by atoms with Crippen molar-refractivity contribution in [2.75, 3.05) is 6.54 Å². The molecule has 0 radical (unpaired) electrons. The summed E-state index contributed by atoms with van der Waals surface area (Å²) in [5, 5.41) is 0. The van der Waals surface area contributed by atoms with Crippen LogP contribution in [0, 0.1) is 5.82 Å². The number of carbonyl (C=O) groups excluding carboxylic acids is 1. The van der Waals surface area contributed by atoms with Crippen LogP contribution < -0.4 is 5.73 Å². The molecule has 0 atom stereocenters. The molecule has 108 valence electrons. The zero-order valence-electron chi connectivity index (χ0n) is 11.4. The number of amides is 1. The standard InChI is InChI=1S/C15H19FN2OS/c16-13-9-11(15(17)20)6-7-12(13)10-18-8-4-2-1-3-5-14(18)19/h6-7,9H,1-5,8,10H2,(H2,17,20). The van der Waals surface area contributed by atoms with E-state index in [1.807, 2.05) is 0 Å². The van der Waals surface area contributed by atoms with Gasteiger partial charge in [0.25, 0.3) is 0 Å². The molecule has 1 heterocycles. The summed E-state index contributed by atoms with van der Waals surface area (Å²) in [6.07, 6.45) is 4.71. The van der Waals surface area contributed by atoms with Crippen molar-refractivity contribution >= 4 is 23.1 Å². The molecule has 1 fully saturated rings. The SMILES string of the molecule is NC(=S)c1ccc(CN2CCCCCCC2=O)c(F)c1. The molecule has 0 unspecified atom stereocenters. The van der Waals surface area contributed by atoms with E-state index in [0.29, 0.717) is 30.6 Å². The van der Waals surface area contributed by atoms with Gasteiger partial charge in [-0.3, -0.25) is 4.79 Å². The molecule has 20 heavy (non-hydrogen) atoms. The third kappa shape index (κ3) is 3.76. The van der Waals surface area contributed by atoms with Crippen molar-refractivity contribution in [3.63, 3.8) is 0 Å². The van der Waals surface area contributed by atoms with E-state index in [0.717, 1.165) is 25.7 Å². The second-order valence-electron chi connectivity index (χ2n) is 5.15. The maximum Gasteiger partial charge on any atom is 0.222 e. The predicted octanol–water partition coefficient (Wildman–Crippen LogP) is 2.75. The van der Waals surface area contributed by atoms with Gasteiger partial charge in [-0.25, -0.2) is 4.39 Å². The molecule has 1 aliphatic rings. The minimum Gasteiger partial charge on any atom is -0.389 e. The van der Waals surface area contributed by atoms with E-state index in [2.05, 4.69) is 0 Å². The summed E-state index contributed by atoms with van der Waals surface area (Å²) >= 11 is 4.82. The molecular formula is C15H19FN2OS. The molecule has 0 spiro atoms. The Labute approximate surface area is 123 Å². The fourth-order valence-corrected chi connectivity index (χ4v) is 2.54. The number of rotatable bonds is 3. The van der Waals surface area contributed by atoms with Crippen LogP contribution in [-0.4, -0.2) is 22.3 Å². The molecule has 0 bridgehead atoms. The van der Waals surface area contributed by atoms with Crippen molar-refractivity contribution in [1.29, 1.82) is 0 Å². The minimum absolute atomic E-state index is 0.113. The number of carbonyl (C=O) groups is 1. The highest BCUT2D eigenvalue weighted by molar-refractivity contribution is 7.80. The second kappa shape index (κ2) is 6.79. The van der Waals surface area contributed by atoms with Crippen LogP contribution in [0.4, 0.5) is 4.39 Å². The van der Waals surface area contributed by atoms with E-state index < -0.39 is 0 Å². The van der Waals surface area contributed by atoms with Crippen LogP contribution in [0.15, 0.2) is 18.2 Å². The summed E-state index contributed by atoms with van der Waals surface area (Å²) in [4.78, 5) is 13.9. The van der Waals surface area contributed by atoms with Crippen molar-refractivity contribution in [3.05, 3.63) is 35.1 Å². The number of hydrogen-bond donors (Lipinski definition) is 1. The average molecular weight is 294 g/mol. The van der Waals surface area contributed by atoms with Crippen molar-refractivity contribution in [2.24, 2.45) is 5.73 Å². The zero-order valence-corrected chi connectivity index (χ0v) is 12.2. The summed E-state index contributed by atoms with van der Waals surface area (Å²) < 4.78 is 14.0. The molecule has 0 aliphatic carbocycles. The molecule has 1 amide bonds. The lowest BCUT2D eigenvalue weighted by molar-refractivity contribution is -0.132. The first-order valence-corrected chi connectivity index (χ1v) is 7.35. The average Bonchev–Trinajstić information content (AvgIpc) is 2.40. The zero-order chi connectivity index (χ0) is 14.5. The van der Waals surface area contributed by atoms with E-state index in [9.17, 15) is 9.18 Å². The molecule has 0 aromatic heterocycles. The first kappa shape index (κ1) is 14.9. The van der Waals surface area contributed by atoms with Gasteiger partial charge in [0.2, 0.25) is 5.91 Å². The Morgan fingerprint density at radius 2 is 2.05 bits per heavy atom. The summed E-state index contributed by atoms with van der Waals surface area (Å²) in [7, 11) is 0. The first-order chi connectivity index (χ1) is 9.58. The van der Waals surface area contributed by atoms with Crippen molar-refractivity contribution in [2.45, 2.75) is 38.6 Å². The van der Waals surface area contributed by atoms with E-state index in [4.69, 9.17) is 18.0 Å². The van der Waals surface area contributed by atoms with E-state index in [1.54, 1.807) is 17.0 Å². The summed E-state index contributed by atoms with van der Waals surface area (Å²) in [5.41, 5.74) is 6.50. The molecule has 1 aliphatic heterocycles. The molecule has 2 N–H and O–H groups in total. The Kier molecular flexibility index (Phi) is 5.06. The molecule has 3 nitrogen and oxygen atoms in total. The lowest BCUT2D eigenvalue weighted by Gasteiger charge is -2.25. The highest BCUT2D eigenvalue weighted by Gasteiger charge is 2.17. The second-order valence-corrected chi connectivity index (χ2v) is 5.59. The molecule has 1 aromatic rings. The quantitative estimate of drug-likeness (QED) is 0.872. The van der Waals surface area contributed by atoms with Gasteiger partial charge in [-0.1, -0.05) is 37.2 Å². The van der Waals surface area contributed by atoms with Crippen molar-refractivity contribution in [3.8, 4) is 0 Å². The fourth-order valence-electron chi connectivity index (χ4n) is 2.42. The third-order valence-corrected chi connectivity index (χ3v) is 3.86. The Morgan fingerprint density at radius 3 is 2.75 bits per heavy atom. The maximum absolute atomic E-state index is 14.0. The third-order valence-electron chi connectivity index (χ3n) is 3.62. The van der Waals surface area contributed by atoms with Gasteiger partial charge in [0.1, 0.15) is 10.8 Å². The predicted molar refractivity (Wildman–Crippen MR) is 80.8 cm³/mol. The van der Waals surface area contributed by atoms with Crippen LogP contribution in [-0.2, 0) is 11.3 Å². The highest BCUT2D eigenvalue weighted by atomic mass is 32.1. The Bertz CT molecular complexity index is 519. The van der Waals surface area contributed by atoms with Crippen molar-refractivity contribution in [1.82, 2.24) is 4.90 Å². The first-order valence-electron chi connectivity index (χ1n) is 6.94. The monoisotopic (exact) mass is 294 g/mol. The van der Waals surface area contributed by atoms with E-state index in [-0.39, 0.29) is 16.7 Å². The smallest absolute Gasteiger partial charge is 0.222 e. The number of benzene rings is 1. The van der Waals surface area contributed by atoms with Gasteiger partial charge in [0.15, 0.2) is 0 Å². The normalized spacial score (nSPS) is 16.6. The summed E-state index contributed by atoms with van der Waals surface area (Å²) in [6.45, 7) is 1.03. The van der Waals surface area contributed by atoms with Crippen LogP contribution >= 0.6 is 12.2 Å². The topological polar surface area (TPSA) is 46.3 Å². The Morgan fingerprint density at radius 1 is 1.30 bits per heavy atom.